The number of carbonyl (C=O) groups is 3. The molecule has 0 bridgehead atoms. The molecule has 1 aliphatic rings. The molecule has 0 spiro atoms. The number of hydrogen-bond acceptors (Lipinski definition) is 6. The fourth-order valence-electron chi connectivity index (χ4n) is 3.90. The van der Waals surface area contributed by atoms with Gasteiger partial charge in [0.2, 0.25) is 0 Å². The van der Waals surface area contributed by atoms with E-state index in [9.17, 15) is 18.8 Å². The van der Waals surface area contributed by atoms with E-state index in [1.807, 2.05) is 6.07 Å². The molecule has 174 valence electrons. The number of rotatable bonds is 3. The summed E-state index contributed by atoms with van der Waals surface area (Å²) in [4.78, 5) is 40.3. The van der Waals surface area contributed by atoms with Gasteiger partial charge in [-0.2, -0.15) is 0 Å². The Labute approximate surface area is 192 Å². The number of aromatic nitrogens is 2. The van der Waals surface area contributed by atoms with Gasteiger partial charge in [-0.1, -0.05) is 6.07 Å². The Hall–Kier alpha value is -4.21. The first kappa shape index (κ1) is 21.6. The predicted molar refractivity (Wildman–Crippen MR) is 121 cm³/mol. The molecule has 0 saturated carbocycles. The highest BCUT2D eigenvalue weighted by Crippen LogP contribution is 2.33. The van der Waals surface area contributed by atoms with Crippen LogP contribution in [0.2, 0.25) is 0 Å². The Kier molecular flexibility index (Phi) is 4.89. The molecule has 1 aliphatic heterocycles. The van der Waals surface area contributed by atoms with Crippen molar-refractivity contribution in [1.82, 2.24) is 20.2 Å². The molecule has 4 aromatic rings. The predicted octanol–water partition coefficient (Wildman–Crippen LogP) is 4.12. The van der Waals surface area contributed by atoms with Crippen LogP contribution in [-0.2, 0) is 16.0 Å². The number of urea groups is 1. The van der Waals surface area contributed by atoms with E-state index in [4.69, 9.17) is 9.15 Å². The van der Waals surface area contributed by atoms with Crippen LogP contribution < -0.4 is 10.6 Å². The van der Waals surface area contributed by atoms with E-state index >= 15 is 0 Å². The van der Waals surface area contributed by atoms with Gasteiger partial charge >= 0.3 is 12.1 Å². The highest BCUT2D eigenvalue weighted by Gasteiger charge is 2.31. The van der Waals surface area contributed by atoms with Crippen LogP contribution in [0.4, 0.5) is 14.0 Å². The quantitative estimate of drug-likeness (QED) is 0.441. The summed E-state index contributed by atoms with van der Waals surface area (Å²) < 4.78 is 26.6. The van der Waals surface area contributed by atoms with E-state index in [0.29, 0.717) is 33.5 Å². The number of imide groups is 1. The molecule has 0 radical (unpaired) electrons. The van der Waals surface area contributed by atoms with Crippen LogP contribution in [-0.4, -0.2) is 39.2 Å². The van der Waals surface area contributed by atoms with Crippen molar-refractivity contribution in [2.24, 2.45) is 0 Å². The van der Waals surface area contributed by atoms with Crippen molar-refractivity contribution in [3.05, 3.63) is 54.3 Å². The average molecular weight is 464 g/mol. The van der Waals surface area contributed by atoms with Crippen molar-refractivity contribution in [2.75, 3.05) is 0 Å². The summed E-state index contributed by atoms with van der Waals surface area (Å²) in [6.45, 7) is 5.27. The topological polar surface area (TPSA) is 115 Å². The minimum Gasteiger partial charge on any atom is -0.443 e. The third-order valence-corrected chi connectivity index (χ3v) is 5.34. The largest absolute Gasteiger partial charge is 0.443 e. The number of carbonyl (C=O) groups excluding carboxylic acids is 3. The molecule has 5 rings (SSSR count). The zero-order valence-electron chi connectivity index (χ0n) is 18.6. The van der Waals surface area contributed by atoms with Crippen molar-refractivity contribution in [3.63, 3.8) is 0 Å². The van der Waals surface area contributed by atoms with Crippen molar-refractivity contribution in [2.45, 2.75) is 38.8 Å². The van der Waals surface area contributed by atoms with E-state index in [2.05, 4.69) is 15.6 Å². The van der Waals surface area contributed by atoms with E-state index in [0.717, 1.165) is 5.56 Å². The third kappa shape index (κ3) is 3.98. The molecule has 2 aromatic heterocycles. The molecule has 1 unspecified atom stereocenters. The van der Waals surface area contributed by atoms with Crippen molar-refractivity contribution < 1.29 is 27.9 Å². The number of ether oxygens (including phenoxy) is 1. The Morgan fingerprint density at radius 3 is 2.71 bits per heavy atom. The summed E-state index contributed by atoms with van der Waals surface area (Å²) >= 11 is 0. The number of amides is 3. The lowest BCUT2D eigenvalue weighted by atomic mass is 10.0. The second kappa shape index (κ2) is 7.68. The van der Waals surface area contributed by atoms with E-state index in [-0.39, 0.29) is 6.42 Å². The summed E-state index contributed by atoms with van der Waals surface area (Å²) in [7, 11) is 0. The molecular formula is C24H21FN4O5. The van der Waals surface area contributed by atoms with Crippen LogP contribution in [0.5, 0.6) is 0 Å². The fourth-order valence-corrected chi connectivity index (χ4v) is 3.90. The molecule has 34 heavy (non-hydrogen) atoms. The van der Waals surface area contributed by atoms with Gasteiger partial charge in [-0.3, -0.25) is 14.7 Å². The van der Waals surface area contributed by atoms with Crippen LogP contribution in [0.3, 0.4) is 0 Å². The molecule has 9 nitrogen and oxygen atoms in total. The van der Waals surface area contributed by atoms with Gasteiger partial charge in [0, 0.05) is 17.1 Å². The Bertz CT molecular complexity index is 1480. The fraction of sp³-hybridized carbons (Fsp3) is 0.250. The second-order valence-electron chi connectivity index (χ2n) is 9.06. The van der Waals surface area contributed by atoms with Crippen LogP contribution in [0.25, 0.3) is 33.1 Å². The smallest absolute Gasteiger partial charge is 0.419 e. The monoisotopic (exact) mass is 464 g/mol. The highest BCUT2D eigenvalue weighted by molar-refractivity contribution is 6.04. The number of oxazole rings is 1. The van der Waals surface area contributed by atoms with Crippen LogP contribution in [0.15, 0.2) is 47.0 Å². The molecule has 0 aliphatic carbocycles. The van der Waals surface area contributed by atoms with Gasteiger partial charge in [0.05, 0.1) is 11.9 Å². The Morgan fingerprint density at radius 1 is 1.21 bits per heavy atom. The minimum atomic E-state index is -0.748. The van der Waals surface area contributed by atoms with E-state index in [1.165, 1.54) is 16.7 Å². The summed E-state index contributed by atoms with van der Waals surface area (Å²) in [6, 6.07) is 8.26. The Balaban J connectivity index is 1.53. The standard InChI is InChI=1S/C24H21FN4O5/c1-24(2,3)34-23(32)29-11-15(14-6-5-13(25)9-18(14)29)12-4-7-16-19(8-12)33-20(26-16)10-17-21(30)28-22(31)27-17/h4-9,11,17H,10H2,1-3H3,(H2,27,28,30,31). The minimum absolute atomic E-state index is 0.110. The van der Waals surface area contributed by atoms with Gasteiger partial charge in [0.15, 0.2) is 11.5 Å². The normalized spacial score (nSPS) is 16.2. The summed E-state index contributed by atoms with van der Waals surface area (Å²) in [5, 5.41) is 5.35. The molecule has 2 N–H and O–H groups in total. The lowest BCUT2D eigenvalue weighted by Gasteiger charge is -2.19. The number of hydrogen-bond donors (Lipinski definition) is 2. The molecule has 10 heteroatoms. The van der Waals surface area contributed by atoms with Crippen molar-refractivity contribution in [3.8, 4) is 11.1 Å². The molecule has 2 aromatic carbocycles. The SMILES string of the molecule is CC(C)(C)OC(=O)n1cc(-c2ccc3nc(CC4NC(=O)NC4=O)oc3c2)c2ccc(F)cc21. The van der Waals surface area contributed by atoms with Gasteiger partial charge in [-0.15, -0.1) is 0 Å². The molecule has 1 atom stereocenters. The maximum Gasteiger partial charge on any atom is 0.419 e. The number of nitrogens with one attached hydrogen (secondary N) is 2. The number of benzene rings is 2. The van der Waals surface area contributed by atoms with Crippen LogP contribution in [0.1, 0.15) is 26.7 Å². The molecule has 3 heterocycles. The lowest BCUT2D eigenvalue weighted by Crippen LogP contribution is -2.31. The number of fused-ring (bicyclic) bond motifs is 2. The third-order valence-electron chi connectivity index (χ3n) is 5.34. The van der Waals surface area contributed by atoms with Gasteiger partial charge in [0.25, 0.3) is 5.91 Å². The van der Waals surface area contributed by atoms with Crippen LogP contribution >= 0.6 is 0 Å². The van der Waals surface area contributed by atoms with Crippen LogP contribution in [0, 0.1) is 5.82 Å². The van der Waals surface area contributed by atoms with E-state index in [1.54, 1.807) is 45.2 Å². The first-order valence-corrected chi connectivity index (χ1v) is 10.6. The van der Waals surface area contributed by atoms with Crippen molar-refractivity contribution in [1.29, 1.82) is 0 Å². The van der Waals surface area contributed by atoms with E-state index < -0.39 is 35.5 Å². The number of halogens is 1. The van der Waals surface area contributed by atoms with Gasteiger partial charge in [0.1, 0.15) is 23.0 Å². The summed E-state index contributed by atoms with van der Waals surface area (Å²) in [6.07, 6.45) is 1.10. The molecule has 1 fully saturated rings. The maximum atomic E-state index is 14.0. The lowest BCUT2D eigenvalue weighted by molar-refractivity contribution is -0.120. The zero-order chi connectivity index (χ0) is 24.2. The maximum absolute atomic E-state index is 14.0. The Morgan fingerprint density at radius 2 is 2.00 bits per heavy atom. The molecule has 1 saturated heterocycles. The first-order valence-electron chi connectivity index (χ1n) is 10.6. The second-order valence-corrected chi connectivity index (χ2v) is 9.06. The molecular weight excluding hydrogens is 443 g/mol. The number of nitrogens with zero attached hydrogens (tertiary/aromatic N) is 2. The zero-order valence-corrected chi connectivity index (χ0v) is 18.6. The van der Waals surface area contributed by atoms with Crippen molar-refractivity contribution >= 4 is 40.0 Å². The van der Waals surface area contributed by atoms with Gasteiger partial charge < -0.3 is 14.5 Å². The van der Waals surface area contributed by atoms with Gasteiger partial charge in [-0.05, 0) is 56.7 Å². The molecule has 3 amide bonds. The summed E-state index contributed by atoms with van der Waals surface area (Å²) in [5.41, 5.74) is 2.11. The van der Waals surface area contributed by atoms with Gasteiger partial charge in [-0.25, -0.2) is 19.0 Å². The summed E-state index contributed by atoms with van der Waals surface area (Å²) in [5.74, 6) is -0.608. The highest BCUT2D eigenvalue weighted by atomic mass is 19.1. The first-order chi connectivity index (χ1) is 16.1. The average Bonchev–Trinajstić information content (AvgIpc) is 3.40.